The minimum atomic E-state index is -0.928. The van der Waals surface area contributed by atoms with E-state index in [1.165, 1.54) is 0 Å². The van der Waals surface area contributed by atoms with Crippen molar-refractivity contribution in [1.29, 1.82) is 0 Å². The number of ether oxygens (including phenoxy) is 1. The Balaban J connectivity index is 2.39. The zero-order chi connectivity index (χ0) is 11.1. The Kier molecular flexibility index (Phi) is 4.80. The number of hydrogen-bond donors (Lipinski definition) is 2. The molecule has 0 saturated heterocycles. The number of hydrogen-bond acceptors (Lipinski definition) is 3. The topological polar surface area (TPSA) is 66.8 Å². The Labute approximate surface area is 88.1 Å². The highest BCUT2D eigenvalue weighted by molar-refractivity contribution is 5.87. The Hall–Kier alpha value is -1.39. The molecule has 0 unspecified atom stereocenters. The van der Waals surface area contributed by atoms with Gasteiger partial charge < -0.3 is 14.9 Å². The summed E-state index contributed by atoms with van der Waals surface area (Å²) in [7, 11) is 0. The van der Waals surface area contributed by atoms with E-state index in [0.29, 0.717) is 19.6 Å². The minimum Gasteiger partial charge on any atom is -0.478 e. The number of carbonyl (C=O) groups is 1. The SMILES string of the molecule is O=C(O)c1ccc(COCCCO)cc1. The molecule has 15 heavy (non-hydrogen) atoms. The predicted molar refractivity (Wildman–Crippen MR) is 54.8 cm³/mol. The summed E-state index contributed by atoms with van der Waals surface area (Å²) in [6.07, 6.45) is 0.618. The molecule has 1 aromatic rings. The molecule has 0 spiro atoms. The lowest BCUT2D eigenvalue weighted by Crippen LogP contribution is -1.99. The Bertz CT molecular complexity index is 305. The summed E-state index contributed by atoms with van der Waals surface area (Å²) in [5.41, 5.74) is 1.20. The van der Waals surface area contributed by atoms with Crippen LogP contribution in [-0.2, 0) is 11.3 Å². The Morgan fingerprint density at radius 2 is 1.93 bits per heavy atom. The standard InChI is InChI=1S/C11H14O4/c12-6-1-7-15-8-9-2-4-10(5-3-9)11(13)14/h2-5,12H,1,6-8H2,(H,13,14). The number of aromatic carboxylic acids is 1. The van der Waals surface area contributed by atoms with Gasteiger partial charge in [-0.3, -0.25) is 0 Å². The molecule has 4 heteroatoms. The summed E-state index contributed by atoms with van der Waals surface area (Å²) in [6.45, 7) is 1.08. The summed E-state index contributed by atoms with van der Waals surface area (Å²) in [4.78, 5) is 10.6. The van der Waals surface area contributed by atoms with Gasteiger partial charge in [-0.1, -0.05) is 12.1 Å². The van der Waals surface area contributed by atoms with Crippen LogP contribution in [0.15, 0.2) is 24.3 Å². The zero-order valence-electron chi connectivity index (χ0n) is 8.35. The van der Waals surface area contributed by atoms with E-state index in [0.717, 1.165) is 5.56 Å². The summed E-state index contributed by atoms with van der Waals surface area (Å²) in [6, 6.07) is 6.55. The summed E-state index contributed by atoms with van der Waals surface area (Å²) in [5, 5.41) is 17.2. The molecule has 0 aliphatic carbocycles. The van der Waals surface area contributed by atoms with Crippen molar-refractivity contribution in [3.63, 3.8) is 0 Å². The molecule has 0 aliphatic rings. The second kappa shape index (κ2) is 6.16. The second-order valence-corrected chi connectivity index (χ2v) is 3.13. The Morgan fingerprint density at radius 3 is 2.47 bits per heavy atom. The minimum absolute atomic E-state index is 0.123. The molecule has 0 aliphatic heterocycles. The van der Waals surface area contributed by atoms with Gasteiger partial charge >= 0.3 is 5.97 Å². The van der Waals surface area contributed by atoms with Crippen molar-refractivity contribution in [3.05, 3.63) is 35.4 Å². The van der Waals surface area contributed by atoms with E-state index < -0.39 is 5.97 Å². The van der Waals surface area contributed by atoms with E-state index in [1.54, 1.807) is 24.3 Å². The molecule has 0 radical (unpaired) electrons. The average molecular weight is 210 g/mol. The molecule has 0 bridgehead atoms. The highest BCUT2D eigenvalue weighted by Gasteiger charge is 2.01. The lowest BCUT2D eigenvalue weighted by molar-refractivity contribution is 0.0696. The van der Waals surface area contributed by atoms with Crippen molar-refractivity contribution in [2.45, 2.75) is 13.0 Å². The van der Waals surface area contributed by atoms with Crippen LogP contribution in [0.4, 0.5) is 0 Å². The summed E-state index contributed by atoms with van der Waals surface area (Å²) < 4.78 is 5.25. The van der Waals surface area contributed by atoms with Crippen molar-refractivity contribution in [2.24, 2.45) is 0 Å². The molecule has 0 heterocycles. The molecule has 0 fully saturated rings. The van der Waals surface area contributed by atoms with Gasteiger partial charge in [-0.15, -0.1) is 0 Å². The normalized spacial score (nSPS) is 10.2. The summed E-state index contributed by atoms with van der Waals surface area (Å²) in [5.74, 6) is -0.928. The maximum Gasteiger partial charge on any atom is 0.335 e. The molecule has 0 saturated carbocycles. The van der Waals surface area contributed by atoms with Crippen LogP contribution in [0.5, 0.6) is 0 Å². The fourth-order valence-corrected chi connectivity index (χ4v) is 1.10. The highest BCUT2D eigenvalue weighted by atomic mass is 16.5. The number of carboxylic acids is 1. The maximum atomic E-state index is 10.6. The van der Waals surface area contributed by atoms with E-state index in [1.807, 2.05) is 0 Å². The first-order valence-corrected chi connectivity index (χ1v) is 4.75. The Morgan fingerprint density at radius 1 is 1.27 bits per heavy atom. The fraction of sp³-hybridized carbons (Fsp3) is 0.364. The maximum absolute atomic E-state index is 10.6. The highest BCUT2D eigenvalue weighted by Crippen LogP contribution is 2.05. The van der Waals surface area contributed by atoms with Gasteiger partial charge in [0.15, 0.2) is 0 Å². The van der Waals surface area contributed by atoms with Gasteiger partial charge in [-0.2, -0.15) is 0 Å². The summed E-state index contributed by atoms with van der Waals surface area (Å²) >= 11 is 0. The molecule has 0 amide bonds. The van der Waals surface area contributed by atoms with E-state index in [2.05, 4.69) is 0 Å². The van der Waals surface area contributed by atoms with Crippen LogP contribution >= 0.6 is 0 Å². The average Bonchev–Trinajstić information content (AvgIpc) is 2.25. The third-order valence-electron chi connectivity index (χ3n) is 1.92. The van der Waals surface area contributed by atoms with Gasteiger partial charge in [0, 0.05) is 13.2 Å². The van der Waals surface area contributed by atoms with Crippen LogP contribution in [0.1, 0.15) is 22.3 Å². The molecule has 1 rings (SSSR count). The van der Waals surface area contributed by atoms with Gasteiger partial charge in [0.25, 0.3) is 0 Å². The molecule has 0 aromatic heterocycles. The predicted octanol–water partition coefficient (Wildman–Crippen LogP) is 1.28. The molecule has 82 valence electrons. The lowest BCUT2D eigenvalue weighted by atomic mass is 10.1. The van der Waals surface area contributed by atoms with Crippen LogP contribution in [-0.4, -0.2) is 29.4 Å². The fourth-order valence-electron chi connectivity index (χ4n) is 1.10. The van der Waals surface area contributed by atoms with E-state index in [9.17, 15) is 4.79 Å². The quantitative estimate of drug-likeness (QED) is 0.694. The zero-order valence-corrected chi connectivity index (χ0v) is 8.35. The molecular formula is C11H14O4. The van der Waals surface area contributed by atoms with Crippen LogP contribution < -0.4 is 0 Å². The first kappa shape index (κ1) is 11.7. The molecular weight excluding hydrogens is 196 g/mol. The van der Waals surface area contributed by atoms with Crippen molar-refractivity contribution in [2.75, 3.05) is 13.2 Å². The second-order valence-electron chi connectivity index (χ2n) is 3.13. The number of rotatable bonds is 6. The van der Waals surface area contributed by atoms with Gasteiger partial charge in [0.2, 0.25) is 0 Å². The van der Waals surface area contributed by atoms with Crippen LogP contribution in [0.2, 0.25) is 0 Å². The first-order chi connectivity index (χ1) is 7.24. The molecule has 2 N–H and O–H groups in total. The van der Waals surface area contributed by atoms with Crippen LogP contribution in [0.25, 0.3) is 0 Å². The molecule has 0 atom stereocenters. The molecule has 4 nitrogen and oxygen atoms in total. The third kappa shape index (κ3) is 4.10. The number of aliphatic hydroxyl groups is 1. The van der Waals surface area contributed by atoms with Gasteiger partial charge in [0.1, 0.15) is 0 Å². The number of aliphatic hydroxyl groups excluding tert-OH is 1. The number of benzene rings is 1. The lowest BCUT2D eigenvalue weighted by Gasteiger charge is -2.03. The van der Waals surface area contributed by atoms with Crippen molar-refractivity contribution < 1.29 is 19.7 Å². The van der Waals surface area contributed by atoms with E-state index in [4.69, 9.17) is 14.9 Å². The van der Waals surface area contributed by atoms with Crippen molar-refractivity contribution in [3.8, 4) is 0 Å². The third-order valence-corrected chi connectivity index (χ3v) is 1.92. The van der Waals surface area contributed by atoms with Crippen molar-refractivity contribution >= 4 is 5.97 Å². The largest absolute Gasteiger partial charge is 0.478 e. The van der Waals surface area contributed by atoms with Gasteiger partial charge in [0.05, 0.1) is 12.2 Å². The van der Waals surface area contributed by atoms with Gasteiger partial charge in [-0.05, 0) is 24.1 Å². The van der Waals surface area contributed by atoms with Crippen molar-refractivity contribution in [1.82, 2.24) is 0 Å². The first-order valence-electron chi connectivity index (χ1n) is 4.75. The smallest absolute Gasteiger partial charge is 0.335 e. The monoisotopic (exact) mass is 210 g/mol. The molecule has 1 aromatic carbocycles. The van der Waals surface area contributed by atoms with Crippen LogP contribution in [0.3, 0.4) is 0 Å². The van der Waals surface area contributed by atoms with Crippen LogP contribution in [0, 0.1) is 0 Å². The van der Waals surface area contributed by atoms with Gasteiger partial charge in [-0.25, -0.2) is 4.79 Å². The van der Waals surface area contributed by atoms with E-state index in [-0.39, 0.29) is 12.2 Å². The number of carboxylic acid groups (broad SMARTS) is 1. The van der Waals surface area contributed by atoms with E-state index >= 15 is 0 Å².